The highest BCUT2D eigenvalue weighted by atomic mass is 16.2. The van der Waals surface area contributed by atoms with Crippen LogP contribution < -0.4 is 4.90 Å². The van der Waals surface area contributed by atoms with Crippen LogP contribution in [0.5, 0.6) is 0 Å². The normalized spacial score (nSPS) is 15.0. The van der Waals surface area contributed by atoms with Crippen LogP contribution in [-0.2, 0) is 0 Å². The van der Waals surface area contributed by atoms with E-state index in [2.05, 4.69) is 28.0 Å². The van der Waals surface area contributed by atoms with Crippen LogP contribution in [0.2, 0.25) is 0 Å². The molecule has 1 aliphatic heterocycles. The molecule has 4 heterocycles. The third-order valence-corrected chi connectivity index (χ3v) is 4.51. The first-order valence-electron chi connectivity index (χ1n) is 8.12. The summed E-state index contributed by atoms with van der Waals surface area (Å²) in [7, 11) is 0. The third-order valence-electron chi connectivity index (χ3n) is 4.51. The molecule has 0 bridgehead atoms. The number of rotatable bonds is 2. The second-order valence-corrected chi connectivity index (χ2v) is 6.01. The standard InChI is InChI=1S/C18H19N5O/c1-14-5-4-7-19-17(14)21-9-11-22(12-10-21)18(24)15-13-20-23-8-3-2-6-16(15)23/h2-8,13H,9-12H2,1H3. The first kappa shape index (κ1) is 14.7. The van der Waals surface area contributed by atoms with Crippen LogP contribution in [0.3, 0.4) is 0 Å². The van der Waals surface area contributed by atoms with Gasteiger partial charge in [0.1, 0.15) is 5.82 Å². The SMILES string of the molecule is Cc1cccnc1N1CCN(C(=O)c2cnn3ccccc23)CC1. The first-order valence-corrected chi connectivity index (χ1v) is 8.12. The molecule has 6 nitrogen and oxygen atoms in total. The van der Waals surface area contributed by atoms with Gasteiger partial charge in [-0.1, -0.05) is 12.1 Å². The Morgan fingerprint density at radius 2 is 1.92 bits per heavy atom. The van der Waals surface area contributed by atoms with E-state index in [-0.39, 0.29) is 5.91 Å². The van der Waals surface area contributed by atoms with E-state index in [0.717, 1.165) is 24.4 Å². The van der Waals surface area contributed by atoms with Crippen molar-refractivity contribution in [3.8, 4) is 0 Å². The molecule has 3 aromatic rings. The number of aromatic nitrogens is 3. The highest BCUT2D eigenvalue weighted by Crippen LogP contribution is 2.19. The molecule has 0 atom stereocenters. The van der Waals surface area contributed by atoms with Gasteiger partial charge in [0.05, 0.1) is 17.3 Å². The van der Waals surface area contributed by atoms with Crippen LogP contribution in [0, 0.1) is 6.92 Å². The van der Waals surface area contributed by atoms with Gasteiger partial charge in [-0.2, -0.15) is 5.10 Å². The maximum atomic E-state index is 12.8. The fourth-order valence-electron chi connectivity index (χ4n) is 3.20. The Balaban J connectivity index is 1.50. The maximum absolute atomic E-state index is 12.8. The molecule has 4 rings (SSSR count). The summed E-state index contributed by atoms with van der Waals surface area (Å²) in [5.41, 5.74) is 2.68. The topological polar surface area (TPSA) is 53.7 Å². The van der Waals surface area contributed by atoms with Gasteiger partial charge < -0.3 is 9.80 Å². The van der Waals surface area contributed by atoms with E-state index in [1.165, 1.54) is 5.56 Å². The van der Waals surface area contributed by atoms with Crippen LogP contribution in [0.15, 0.2) is 48.9 Å². The van der Waals surface area contributed by atoms with Gasteiger partial charge in [0.2, 0.25) is 0 Å². The zero-order valence-corrected chi connectivity index (χ0v) is 13.6. The molecule has 122 valence electrons. The van der Waals surface area contributed by atoms with Crippen molar-refractivity contribution in [1.82, 2.24) is 19.5 Å². The number of hydrogen-bond donors (Lipinski definition) is 0. The van der Waals surface area contributed by atoms with Crippen molar-refractivity contribution < 1.29 is 4.79 Å². The molecule has 0 aromatic carbocycles. The van der Waals surface area contributed by atoms with Gasteiger partial charge in [-0.15, -0.1) is 0 Å². The van der Waals surface area contributed by atoms with Gasteiger partial charge in [-0.05, 0) is 30.7 Å². The summed E-state index contributed by atoms with van der Waals surface area (Å²) in [6.45, 7) is 5.04. The predicted octanol–water partition coefficient (Wildman–Crippen LogP) is 2.00. The van der Waals surface area contributed by atoms with E-state index in [9.17, 15) is 4.79 Å². The molecular formula is C18H19N5O. The Hall–Kier alpha value is -2.89. The lowest BCUT2D eigenvalue weighted by Gasteiger charge is -2.35. The zero-order valence-electron chi connectivity index (χ0n) is 13.6. The fraction of sp³-hybridized carbons (Fsp3) is 0.278. The van der Waals surface area contributed by atoms with Crippen molar-refractivity contribution >= 4 is 17.2 Å². The summed E-state index contributed by atoms with van der Waals surface area (Å²) in [6.07, 6.45) is 5.33. The Labute approximate surface area is 140 Å². The average molecular weight is 321 g/mol. The van der Waals surface area contributed by atoms with E-state index in [1.54, 1.807) is 10.7 Å². The number of fused-ring (bicyclic) bond motifs is 1. The second-order valence-electron chi connectivity index (χ2n) is 6.01. The molecule has 6 heteroatoms. The van der Waals surface area contributed by atoms with Crippen LogP contribution in [0.25, 0.3) is 5.52 Å². The molecule has 0 N–H and O–H groups in total. The summed E-state index contributed by atoms with van der Waals surface area (Å²) in [4.78, 5) is 21.4. The van der Waals surface area contributed by atoms with Gasteiger partial charge in [-0.25, -0.2) is 9.50 Å². The highest BCUT2D eigenvalue weighted by Gasteiger charge is 2.25. The maximum Gasteiger partial charge on any atom is 0.257 e. The van der Waals surface area contributed by atoms with Crippen molar-refractivity contribution in [2.45, 2.75) is 6.92 Å². The number of nitrogens with zero attached hydrogens (tertiary/aromatic N) is 5. The summed E-state index contributed by atoms with van der Waals surface area (Å²) in [5.74, 6) is 1.06. The zero-order chi connectivity index (χ0) is 16.5. The number of carbonyl (C=O) groups is 1. The minimum absolute atomic E-state index is 0.0496. The van der Waals surface area contributed by atoms with Crippen LogP contribution in [-0.4, -0.2) is 51.6 Å². The lowest BCUT2D eigenvalue weighted by Crippen LogP contribution is -2.49. The molecule has 1 saturated heterocycles. The highest BCUT2D eigenvalue weighted by molar-refractivity contribution is 6.00. The molecule has 1 fully saturated rings. The summed E-state index contributed by atoms with van der Waals surface area (Å²) < 4.78 is 1.74. The van der Waals surface area contributed by atoms with Gasteiger partial charge >= 0.3 is 0 Å². The average Bonchev–Trinajstić information content (AvgIpc) is 3.06. The minimum atomic E-state index is 0.0496. The number of pyridine rings is 2. The van der Waals surface area contributed by atoms with Crippen molar-refractivity contribution in [2.24, 2.45) is 0 Å². The number of aryl methyl sites for hydroxylation is 1. The lowest BCUT2D eigenvalue weighted by molar-refractivity contribution is 0.0748. The lowest BCUT2D eigenvalue weighted by atomic mass is 10.2. The molecule has 1 aliphatic rings. The number of hydrogen-bond acceptors (Lipinski definition) is 4. The molecule has 0 unspecified atom stereocenters. The van der Waals surface area contributed by atoms with Gasteiger partial charge in [-0.3, -0.25) is 4.79 Å². The fourth-order valence-corrected chi connectivity index (χ4v) is 3.20. The Kier molecular flexibility index (Phi) is 3.65. The summed E-state index contributed by atoms with van der Waals surface area (Å²) >= 11 is 0. The van der Waals surface area contributed by atoms with Crippen molar-refractivity contribution in [2.75, 3.05) is 31.1 Å². The van der Waals surface area contributed by atoms with Crippen molar-refractivity contribution in [1.29, 1.82) is 0 Å². The summed E-state index contributed by atoms with van der Waals surface area (Å²) in [6, 6.07) is 9.77. The molecule has 3 aromatic heterocycles. The smallest absolute Gasteiger partial charge is 0.257 e. The number of carbonyl (C=O) groups excluding carboxylic acids is 1. The van der Waals surface area contributed by atoms with Gasteiger partial charge in [0.15, 0.2) is 0 Å². The second kappa shape index (κ2) is 5.96. The molecule has 0 saturated carbocycles. The van der Waals surface area contributed by atoms with Crippen molar-refractivity contribution in [3.63, 3.8) is 0 Å². The quantitative estimate of drug-likeness (QED) is 0.724. The molecule has 0 radical (unpaired) electrons. The van der Waals surface area contributed by atoms with Crippen LogP contribution in [0.4, 0.5) is 5.82 Å². The van der Waals surface area contributed by atoms with Crippen molar-refractivity contribution in [3.05, 3.63) is 60.0 Å². The summed E-state index contributed by atoms with van der Waals surface area (Å²) in [5, 5.41) is 4.26. The first-order chi connectivity index (χ1) is 11.7. The Morgan fingerprint density at radius 3 is 2.71 bits per heavy atom. The van der Waals surface area contributed by atoms with E-state index in [1.807, 2.05) is 41.6 Å². The molecule has 24 heavy (non-hydrogen) atoms. The van der Waals surface area contributed by atoms with E-state index >= 15 is 0 Å². The van der Waals surface area contributed by atoms with Gasteiger partial charge in [0.25, 0.3) is 5.91 Å². The minimum Gasteiger partial charge on any atom is -0.353 e. The number of anilines is 1. The number of amides is 1. The predicted molar refractivity (Wildman–Crippen MR) is 92.3 cm³/mol. The Morgan fingerprint density at radius 1 is 1.08 bits per heavy atom. The molecule has 0 spiro atoms. The third kappa shape index (κ3) is 2.50. The number of piperazine rings is 1. The van der Waals surface area contributed by atoms with Gasteiger partial charge in [0, 0.05) is 38.6 Å². The van der Waals surface area contributed by atoms with E-state index < -0.39 is 0 Å². The van der Waals surface area contributed by atoms with E-state index in [0.29, 0.717) is 18.7 Å². The monoisotopic (exact) mass is 321 g/mol. The molecule has 1 amide bonds. The van der Waals surface area contributed by atoms with Crippen LogP contribution in [0.1, 0.15) is 15.9 Å². The Bertz CT molecular complexity index is 880. The largest absolute Gasteiger partial charge is 0.353 e. The van der Waals surface area contributed by atoms with Crippen LogP contribution >= 0.6 is 0 Å². The van der Waals surface area contributed by atoms with E-state index in [4.69, 9.17) is 0 Å². The molecule has 0 aliphatic carbocycles. The molecular weight excluding hydrogens is 302 g/mol.